The third kappa shape index (κ3) is 3.65. The van der Waals surface area contributed by atoms with E-state index in [1.807, 2.05) is 39.6 Å². The van der Waals surface area contributed by atoms with E-state index in [1.54, 1.807) is 6.33 Å². The fourth-order valence-corrected chi connectivity index (χ4v) is 3.53. The van der Waals surface area contributed by atoms with Gasteiger partial charge in [-0.15, -0.1) is 0 Å². The van der Waals surface area contributed by atoms with Gasteiger partial charge in [0.05, 0.1) is 6.67 Å². The molecule has 0 aliphatic carbocycles. The second-order valence-electron chi connectivity index (χ2n) is 6.68. The maximum absolute atomic E-state index is 12.5. The molecule has 0 radical (unpaired) electrons. The molecule has 0 saturated carbocycles. The standard InChI is InChI=1S/C18H24N4OS/c1-14(2)21-12-19-22(18(21)24)13-20-10-8-16(9-11-20)17(23)15-6-4-3-5-7-15/h3-7,12,14,16H,8-11,13H2,1-2H3. The van der Waals surface area contributed by atoms with Crippen molar-refractivity contribution in [2.24, 2.45) is 5.92 Å². The Morgan fingerprint density at radius 1 is 1.25 bits per heavy atom. The van der Waals surface area contributed by atoms with Crippen LogP contribution in [0.5, 0.6) is 0 Å². The van der Waals surface area contributed by atoms with Crippen LogP contribution in [0.2, 0.25) is 0 Å². The molecule has 0 atom stereocenters. The largest absolute Gasteiger partial charge is 0.304 e. The number of hydrogen-bond acceptors (Lipinski definition) is 4. The van der Waals surface area contributed by atoms with Gasteiger partial charge in [-0.2, -0.15) is 5.10 Å². The molecule has 1 aromatic carbocycles. The highest BCUT2D eigenvalue weighted by atomic mass is 32.1. The Bertz CT molecular complexity index is 742. The van der Waals surface area contributed by atoms with Gasteiger partial charge in [-0.05, 0) is 38.9 Å². The predicted octanol–water partition coefficient (Wildman–Crippen LogP) is 3.55. The molecule has 128 valence electrons. The monoisotopic (exact) mass is 344 g/mol. The number of hydrogen-bond donors (Lipinski definition) is 0. The minimum absolute atomic E-state index is 0.129. The molecule has 2 aromatic rings. The second kappa shape index (κ2) is 7.40. The lowest BCUT2D eigenvalue weighted by Gasteiger charge is -2.30. The predicted molar refractivity (Wildman–Crippen MR) is 96.5 cm³/mol. The van der Waals surface area contributed by atoms with Crippen LogP contribution in [-0.4, -0.2) is 38.1 Å². The zero-order valence-electron chi connectivity index (χ0n) is 14.3. The number of Topliss-reactive ketones (excluding diaryl/α,β-unsaturated/α-hetero) is 1. The van der Waals surface area contributed by atoms with Crippen LogP contribution in [-0.2, 0) is 6.67 Å². The number of piperidine rings is 1. The maximum Gasteiger partial charge on any atom is 0.199 e. The van der Waals surface area contributed by atoms with Crippen LogP contribution >= 0.6 is 12.2 Å². The lowest BCUT2D eigenvalue weighted by molar-refractivity contribution is 0.0803. The van der Waals surface area contributed by atoms with Crippen molar-refractivity contribution >= 4 is 18.0 Å². The van der Waals surface area contributed by atoms with Crippen LogP contribution in [0.15, 0.2) is 36.7 Å². The Labute approximate surface area is 147 Å². The fourth-order valence-electron chi connectivity index (χ4n) is 3.17. The molecule has 0 unspecified atom stereocenters. The molecule has 0 amide bonds. The normalized spacial score (nSPS) is 16.6. The van der Waals surface area contributed by atoms with E-state index in [9.17, 15) is 4.79 Å². The number of aromatic nitrogens is 3. The third-order valence-electron chi connectivity index (χ3n) is 4.66. The molecule has 0 bridgehead atoms. The van der Waals surface area contributed by atoms with Crippen molar-refractivity contribution < 1.29 is 4.79 Å². The van der Waals surface area contributed by atoms with Gasteiger partial charge in [0.25, 0.3) is 0 Å². The van der Waals surface area contributed by atoms with Crippen LogP contribution in [0.1, 0.15) is 43.1 Å². The van der Waals surface area contributed by atoms with Gasteiger partial charge in [-0.1, -0.05) is 30.3 Å². The first kappa shape index (κ1) is 17.0. The van der Waals surface area contributed by atoms with Gasteiger partial charge < -0.3 is 4.57 Å². The Morgan fingerprint density at radius 2 is 1.92 bits per heavy atom. The molecule has 1 aromatic heterocycles. The van der Waals surface area contributed by atoms with Gasteiger partial charge in [0.15, 0.2) is 10.6 Å². The molecule has 2 heterocycles. The number of carbonyl (C=O) groups is 1. The van der Waals surface area contributed by atoms with Gasteiger partial charge in [-0.25, -0.2) is 4.68 Å². The van der Waals surface area contributed by atoms with Crippen LogP contribution in [0.3, 0.4) is 0 Å². The Kier molecular flexibility index (Phi) is 5.26. The van der Waals surface area contributed by atoms with E-state index in [2.05, 4.69) is 23.8 Å². The molecule has 3 rings (SSSR count). The summed E-state index contributed by atoms with van der Waals surface area (Å²) in [6.45, 7) is 6.70. The van der Waals surface area contributed by atoms with Crippen molar-refractivity contribution in [2.75, 3.05) is 13.1 Å². The SMILES string of the molecule is CC(C)n1cnn(CN2CCC(C(=O)c3ccccc3)CC2)c1=S. The fraction of sp³-hybridized carbons (Fsp3) is 0.500. The number of likely N-dealkylation sites (tertiary alicyclic amines) is 1. The Balaban J connectivity index is 1.58. The van der Waals surface area contributed by atoms with E-state index in [-0.39, 0.29) is 11.7 Å². The lowest BCUT2D eigenvalue weighted by Crippen LogP contribution is -2.37. The molecular weight excluding hydrogens is 320 g/mol. The zero-order valence-corrected chi connectivity index (χ0v) is 15.1. The van der Waals surface area contributed by atoms with E-state index < -0.39 is 0 Å². The van der Waals surface area contributed by atoms with E-state index in [0.717, 1.165) is 36.3 Å². The van der Waals surface area contributed by atoms with Crippen molar-refractivity contribution in [3.05, 3.63) is 47.0 Å². The zero-order chi connectivity index (χ0) is 17.1. The maximum atomic E-state index is 12.5. The number of benzene rings is 1. The lowest BCUT2D eigenvalue weighted by atomic mass is 9.89. The highest BCUT2D eigenvalue weighted by Crippen LogP contribution is 2.22. The molecule has 0 N–H and O–H groups in total. The summed E-state index contributed by atoms with van der Waals surface area (Å²) in [6.07, 6.45) is 3.59. The van der Waals surface area contributed by atoms with Crippen LogP contribution < -0.4 is 0 Å². The van der Waals surface area contributed by atoms with Crippen LogP contribution in [0.4, 0.5) is 0 Å². The van der Waals surface area contributed by atoms with Gasteiger partial charge >= 0.3 is 0 Å². The molecule has 5 nitrogen and oxygen atoms in total. The topological polar surface area (TPSA) is 43.1 Å². The number of rotatable bonds is 5. The molecule has 1 saturated heterocycles. The summed E-state index contributed by atoms with van der Waals surface area (Å²) in [5.41, 5.74) is 0.828. The first-order valence-electron chi connectivity index (χ1n) is 8.52. The number of carbonyl (C=O) groups excluding carboxylic acids is 1. The molecule has 1 fully saturated rings. The van der Waals surface area contributed by atoms with Gasteiger partial charge in [-0.3, -0.25) is 9.69 Å². The summed E-state index contributed by atoms with van der Waals surface area (Å²) in [4.78, 5) is 14.9. The minimum Gasteiger partial charge on any atom is -0.304 e. The van der Waals surface area contributed by atoms with Crippen molar-refractivity contribution in [1.82, 2.24) is 19.2 Å². The number of nitrogens with zero attached hydrogens (tertiary/aromatic N) is 4. The quantitative estimate of drug-likeness (QED) is 0.614. The summed E-state index contributed by atoms with van der Waals surface area (Å²) in [6, 6.07) is 9.93. The molecule has 1 aliphatic heterocycles. The minimum atomic E-state index is 0.129. The summed E-state index contributed by atoms with van der Waals surface area (Å²) in [5.74, 6) is 0.404. The van der Waals surface area contributed by atoms with Crippen LogP contribution in [0, 0.1) is 10.7 Å². The molecule has 6 heteroatoms. The summed E-state index contributed by atoms with van der Waals surface area (Å²) in [5, 5.41) is 4.40. The highest BCUT2D eigenvalue weighted by molar-refractivity contribution is 7.71. The molecular formula is C18H24N4OS. The second-order valence-corrected chi connectivity index (χ2v) is 7.04. The van der Waals surface area contributed by atoms with Gasteiger partial charge in [0.1, 0.15) is 6.33 Å². The van der Waals surface area contributed by atoms with E-state index >= 15 is 0 Å². The average Bonchev–Trinajstić information content (AvgIpc) is 2.96. The molecule has 0 spiro atoms. The average molecular weight is 344 g/mol. The number of ketones is 1. The van der Waals surface area contributed by atoms with Crippen molar-refractivity contribution in [3.8, 4) is 0 Å². The highest BCUT2D eigenvalue weighted by Gasteiger charge is 2.26. The molecule has 1 aliphatic rings. The van der Waals surface area contributed by atoms with Gasteiger partial charge in [0.2, 0.25) is 0 Å². The first-order chi connectivity index (χ1) is 11.6. The van der Waals surface area contributed by atoms with Gasteiger partial charge in [0, 0.05) is 30.6 Å². The molecule has 24 heavy (non-hydrogen) atoms. The Morgan fingerprint density at radius 3 is 2.50 bits per heavy atom. The van der Waals surface area contributed by atoms with Crippen molar-refractivity contribution in [1.29, 1.82) is 0 Å². The third-order valence-corrected chi connectivity index (χ3v) is 5.09. The summed E-state index contributed by atoms with van der Waals surface area (Å²) in [7, 11) is 0. The van der Waals surface area contributed by atoms with Crippen molar-refractivity contribution in [2.45, 2.75) is 39.4 Å². The van der Waals surface area contributed by atoms with Crippen LogP contribution in [0.25, 0.3) is 0 Å². The van der Waals surface area contributed by atoms with Crippen molar-refractivity contribution in [3.63, 3.8) is 0 Å². The summed E-state index contributed by atoms with van der Waals surface area (Å²) >= 11 is 5.48. The Hall–Kier alpha value is -1.79. The summed E-state index contributed by atoms with van der Waals surface area (Å²) < 4.78 is 4.63. The van der Waals surface area contributed by atoms with E-state index in [1.165, 1.54) is 0 Å². The smallest absolute Gasteiger partial charge is 0.199 e. The van der Waals surface area contributed by atoms with E-state index in [0.29, 0.717) is 12.7 Å². The first-order valence-corrected chi connectivity index (χ1v) is 8.92. The van der Waals surface area contributed by atoms with E-state index in [4.69, 9.17) is 12.2 Å².